The summed E-state index contributed by atoms with van der Waals surface area (Å²) in [6.45, 7) is 2.27. The number of hydrogen-bond donors (Lipinski definition) is 1. The van der Waals surface area contributed by atoms with E-state index in [9.17, 15) is 4.79 Å². The molecule has 0 fully saturated rings. The van der Waals surface area contributed by atoms with Crippen LogP contribution in [0.4, 0.5) is 0 Å². The van der Waals surface area contributed by atoms with Crippen LogP contribution in [0.15, 0.2) is 42.5 Å². The van der Waals surface area contributed by atoms with Gasteiger partial charge >= 0.3 is 5.97 Å². The zero-order chi connectivity index (χ0) is 20.7. The van der Waals surface area contributed by atoms with E-state index in [1.807, 2.05) is 6.07 Å². The van der Waals surface area contributed by atoms with Crippen molar-refractivity contribution in [2.45, 2.75) is 96.8 Å². The first-order chi connectivity index (χ1) is 13.7. The normalized spacial score (nSPS) is 10.5. The minimum atomic E-state index is -0.0763. The largest absolute Gasteiger partial charge is 0.508 e. The van der Waals surface area contributed by atoms with Crippen molar-refractivity contribution in [1.29, 1.82) is 0 Å². The Hall–Kier alpha value is -1.77. The van der Waals surface area contributed by atoms with Gasteiger partial charge in [0, 0.05) is 6.42 Å². The summed E-state index contributed by atoms with van der Waals surface area (Å²) in [6.07, 6.45) is 22.0. The van der Waals surface area contributed by atoms with Crippen molar-refractivity contribution in [3.63, 3.8) is 0 Å². The van der Waals surface area contributed by atoms with Gasteiger partial charge in [-0.05, 0) is 44.2 Å². The quantitative estimate of drug-likeness (QED) is 0.191. The number of esters is 1. The third-order valence-electron chi connectivity index (χ3n) is 4.63. The minimum Gasteiger partial charge on any atom is -0.508 e. The van der Waals surface area contributed by atoms with E-state index in [1.165, 1.54) is 77.7 Å². The van der Waals surface area contributed by atoms with Gasteiger partial charge in [0.25, 0.3) is 0 Å². The third kappa shape index (κ3) is 20.5. The molecule has 0 heterocycles. The lowest BCUT2D eigenvalue weighted by Gasteiger charge is -2.00. The molecule has 0 aromatic heterocycles. The highest BCUT2D eigenvalue weighted by Crippen LogP contribution is 2.10. The average molecular weight is 391 g/mol. The molecule has 0 amide bonds. The molecule has 3 nitrogen and oxygen atoms in total. The number of phenols is 1. The molecule has 0 saturated carbocycles. The summed E-state index contributed by atoms with van der Waals surface area (Å²) in [6, 6.07) is 8.71. The summed E-state index contributed by atoms with van der Waals surface area (Å²) >= 11 is 0. The Morgan fingerprint density at radius 3 is 1.79 bits per heavy atom. The van der Waals surface area contributed by atoms with Gasteiger partial charge in [-0.1, -0.05) is 88.6 Å². The fourth-order valence-corrected chi connectivity index (χ4v) is 2.87. The Bertz CT molecular complexity index is 468. The predicted molar refractivity (Wildman–Crippen MR) is 120 cm³/mol. The highest BCUT2D eigenvalue weighted by Gasteiger charge is 1.98. The van der Waals surface area contributed by atoms with Crippen LogP contribution in [0.25, 0.3) is 0 Å². The molecule has 0 aliphatic heterocycles. The molecule has 0 saturated heterocycles. The molecular formula is C25H42O3. The van der Waals surface area contributed by atoms with Crippen molar-refractivity contribution in [3.8, 4) is 5.75 Å². The second kappa shape index (κ2) is 21.5. The van der Waals surface area contributed by atoms with Crippen LogP contribution >= 0.6 is 0 Å². The third-order valence-corrected chi connectivity index (χ3v) is 4.63. The topological polar surface area (TPSA) is 46.5 Å². The molecule has 3 heteroatoms. The Labute approximate surface area is 173 Å². The van der Waals surface area contributed by atoms with Gasteiger partial charge in [-0.3, -0.25) is 4.79 Å². The van der Waals surface area contributed by atoms with Crippen molar-refractivity contribution in [1.82, 2.24) is 0 Å². The van der Waals surface area contributed by atoms with Crippen LogP contribution < -0.4 is 0 Å². The number of carbonyl (C=O) groups is 1. The second-order valence-corrected chi connectivity index (χ2v) is 7.25. The first kappa shape index (κ1) is 26.2. The molecular weight excluding hydrogens is 348 g/mol. The Morgan fingerprint density at radius 1 is 0.821 bits per heavy atom. The maximum atomic E-state index is 10.9. The van der Waals surface area contributed by atoms with E-state index in [0.717, 1.165) is 12.8 Å². The molecule has 1 N–H and O–H groups in total. The van der Waals surface area contributed by atoms with Gasteiger partial charge in [0.1, 0.15) is 5.75 Å². The summed E-state index contributed by atoms with van der Waals surface area (Å²) in [5.74, 6) is 0.245. The predicted octanol–water partition coefficient (Wildman–Crippen LogP) is 7.59. The van der Waals surface area contributed by atoms with Crippen LogP contribution in [0.1, 0.15) is 96.8 Å². The minimum absolute atomic E-state index is 0.0763. The zero-order valence-corrected chi connectivity index (χ0v) is 18.2. The number of allylic oxidation sites excluding steroid dienone is 2. The molecule has 0 unspecified atom stereocenters. The van der Waals surface area contributed by atoms with Crippen molar-refractivity contribution in [2.75, 3.05) is 7.11 Å². The molecule has 0 atom stereocenters. The van der Waals surface area contributed by atoms with Crippen molar-refractivity contribution in [2.24, 2.45) is 0 Å². The van der Waals surface area contributed by atoms with Gasteiger partial charge in [0.05, 0.1) is 7.11 Å². The van der Waals surface area contributed by atoms with Gasteiger partial charge in [-0.2, -0.15) is 0 Å². The smallest absolute Gasteiger partial charge is 0.305 e. The van der Waals surface area contributed by atoms with Crippen LogP contribution in [0.2, 0.25) is 0 Å². The number of hydrogen-bond acceptors (Lipinski definition) is 3. The lowest BCUT2D eigenvalue weighted by atomic mass is 10.1. The van der Waals surface area contributed by atoms with E-state index < -0.39 is 0 Å². The van der Waals surface area contributed by atoms with Crippen LogP contribution in [0.3, 0.4) is 0 Å². The molecule has 0 radical (unpaired) electrons. The summed E-state index contributed by atoms with van der Waals surface area (Å²) in [5, 5.41) is 8.63. The lowest BCUT2D eigenvalue weighted by Crippen LogP contribution is -1.98. The average Bonchev–Trinajstić information content (AvgIpc) is 2.71. The number of benzene rings is 1. The van der Waals surface area contributed by atoms with E-state index in [2.05, 4.69) is 23.8 Å². The molecule has 1 aromatic rings. The van der Waals surface area contributed by atoms with Crippen molar-refractivity contribution in [3.05, 3.63) is 42.5 Å². The van der Waals surface area contributed by atoms with E-state index in [-0.39, 0.29) is 5.97 Å². The lowest BCUT2D eigenvalue weighted by molar-refractivity contribution is -0.140. The Kier molecular flexibility index (Phi) is 20.2. The number of ether oxygens (including phenoxy) is 1. The molecule has 0 bridgehead atoms. The standard InChI is InChI=1S/C19H36O2.C6H6O/c1-3-4-5-6-7-8-9-10-11-12-13-14-15-16-17-18-19(20)21-2;7-6-4-2-1-3-5-6/h10-11H,3-9,12-18H2,1-2H3;1-5,7H/b11-10-;. The van der Waals surface area contributed by atoms with Gasteiger partial charge in [0.15, 0.2) is 0 Å². The number of aromatic hydroxyl groups is 1. The summed E-state index contributed by atoms with van der Waals surface area (Å²) in [4.78, 5) is 10.9. The summed E-state index contributed by atoms with van der Waals surface area (Å²) in [5.41, 5.74) is 0. The first-order valence-corrected chi connectivity index (χ1v) is 11.2. The fourth-order valence-electron chi connectivity index (χ4n) is 2.87. The number of unbranched alkanes of at least 4 members (excludes halogenated alkanes) is 11. The summed E-state index contributed by atoms with van der Waals surface area (Å²) in [7, 11) is 1.46. The van der Waals surface area contributed by atoms with Gasteiger partial charge < -0.3 is 9.84 Å². The molecule has 0 aliphatic carbocycles. The maximum Gasteiger partial charge on any atom is 0.305 e. The van der Waals surface area contributed by atoms with E-state index in [0.29, 0.717) is 12.2 Å². The van der Waals surface area contributed by atoms with E-state index >= 15 is 0 Å². The number of para-hydroxylation sites is 1. The maximum absolute atomic E-state index is 10.9. The Balaban J connectivity index is 0.000000861. The molecule has 160 valence electrons. The first-order valence-electron chi connectivity index (χ1n) is 11.2. The molecule has 1 rings (SSSR count). The molecule has 28 heavy (non-hydrogen) atoms. The van der Waals surface area contributed by atoms with Crippen LogP contribution in [0, 0.1) is 0 Å². The highest BCUT2D eigenvalue weighted by molar-refractivity contribution is 5.68. The van der Waals surface area contributed by atoms with Crippen molar-refractivity contribution >= 4 is 5.97 Å². The SMILES string of the molecule is CCCCCCCC/C=C\CCCCCCCC(=O)OC.Oc1ccccc1. The van der Waals surface area contributed by atoms with Gasteiger partial charge in [-0.15, -0.1) is 0 Å². The van der Waals surface area contributed by atoms with Gasteiger partial charge in [0.2, 0.25) is 0 Å². The number of methoxy groups -OCH3 is 1. The second-order valence-electron chi connectivity index (χ2n) is 7.25. The van der Waals surface area contributed by atoms with E-state index in [1.54, 1.807) is 24.3 Å². The van der Waals surface area contributed by atoms with Crippen LogP contribution in [0.5, 0.6) is 5.75 Å². The Morgan fingerprint density at radius 2 is 1.32 bits per heavy atom. The number of rotatable bonds is 15. The molecule has 0 spiro atoms. The highest BCUT2D eigenvalue weighted by atomic mass is 16.5. The number of carbonyl (C=O) groups excluding carboxylic acids is 1. The van der Waals surface area contributed by atoms with Gasteiger partial charge in [-0.25, -0.2) is 0 Å². The monoisotopic (exact) mass is 390 g/mol. The zero-order valence-electron chi connectivity index (χ0n) is 18.2. The van der Waals surface area contributed by atoms with Crippen LogP contribution in [-0.4, -0.2) is 18.2 Å². The van der Waals surface area contributed by atoms with Crippen LogP contribution in [-0.2, 0) is 9.53 Å². The van der Waals surface area contributed by atoms with Crippen molar-refractivity contribution < 1.29 is 14.6 Å². The fraction of sp³-hybridized carbons (Fsp3) is 0.640. The van der Waals surface area contributed by atoms with E-state index in [4.69, 9.17) is 5.11 Å². The summed E-state index contributed by atoms with van der Waals surface area (Å²) < 4.78 is 4.62. The molecule has 0 aliphatic rings. The molecule has 1 aromatic carbocycles. The number of phenolic OH excluding ortho intramolecular Hbond substituents is 1.